The van der Waals surface area contributed by atoms with Crippen LogP contribution in [0.25, 0.3) is 0 Å². The summed E-state index contributed by atoms with van der Waals surface area (Å²) in [4.78, 5) is 10.9. The fraction of sp³-hybridized carbons (Fsp3) is 0.875. The second-order valence-electron chi connectivity index (χ2n) is 3.25. The minimum absolute atomic E-state index is 0.0168. The predicted octanol–water partition coefficient (Wildman–Crippen LogP) is 0.0394. The Bertz CT molecular complexity index is 145. The van der Waals surface area contributed by atoms with E-state index < -0.39 is 5.60 Å². The maximum Gasteiger partial charge on any atom is 0.307 e. The van der Waals surface area contributed by atoms with Crippen molar-refractivity contribution in [1.29, 1.82) is 0 Å². The van der Waals surface area contributed by atoms with Crippen molar-refractivity contribution in [1.82, 2.24) is 0 Å². The van der Waals surface area contributed by atoms with Gasteiger partial charge in [-0.3, -0.25) is 4.79 Å². The van der Waals surface area contributed by atoms with Crippen molar-refractivity contribution in [2.24, 2.45) is 5.73 Å². The topological polar surface area (TPSA) is 72.5 Å². The second kappa shape index (κ2) is 5.11. The van der Waals surface area contributed by atoms with Crippen molar-refractivity contribution < 1.29 is 14.6 Å². The molecule has 0 aromatic rings. The maximum atomic E-state index is 10.9. The van der Waals surface area contributed by atoms with E-state index in [2.05, 4.69) is 0 Å². The van der Waals surface area contributed by atoms with Gasteiger partial charge in [-0.1, -0.05) is 0 Å². The minimum Gasteiger partial charge on any atom is -0.460 e. The standard InChI is InChI=1S/C8H17NO3/c1-8(2,4-6-10)12-7(11)3-5-9/h10H,3-6,9H2,1-2H3. The van der Waals surface area contributed by atoms with Gasteiger partial charge in [-0.05, 0) is 13.8 Å². The smallest absolute Gasteiger partial charge is 0.307 e. The summed E-state index contributed by atoms with van der Waals surface area (Å²) in [6.45, 7) is 3.84. The lowest BCUT2D eigenvalue weighted by Gasteiger charge is -2.23. The highest BCUT2D eigenvalue weighted by Gasteiger charge is 2.21. The van der Waals surface area contributed by atoms with Gasteiger partial charge in [-0.25, -0.2) is 0 Å². The molecule has 0 spiro atoms. The molecule has 0 aliphatic carbocycles. The minimum atomic E-state index is -0.582. The zero-order valence-corrected chi connectivity index (χ0v) is 7.67. The van der Waals surface area contributed by atoms with E-state index in [0.29, 0.717) is 13.0 Å². The van der Waals surface area contributed by atoms with Crippen LogP contribution < -0.4 is 5.73 Å². The highest BCUT2D eigenvalue weighted by Crippen LogP contribution is 2.14. The Hall–Kier alpha value is -0.610. The summed E-state index contributed by atoms with van der Waals surface area (Å²) < 4.78 is 5.04. The summed E-state index contributed by atoms with van der Waals surface area (Å²) in [5.41, 5.74) is 4.59. The summed E-state index contributed by atoms with van der Waals surface area (Å²) in [5, 5.41) is 8.63. The van der Waals surface area contributed by atoms with Gasteiger partial charge in [0.2, 0.25) is 0 Å². The lowest BCUT2D eigenvalue weighted by Crippen LogP contribution is -2.30. The summed E-state index contributed by atoms with van der Waals surface area (Å²) >= 11 is 0. The van der Waals surface area contributed by atoms with Crippen LogP contribution in [0, 0.1) is 0 Å². The molecule has 4 heteroatoms. The molecule has 0 rings (SSSR count). The van der Waals surface area contributed by atoms with Crippen LogP contribution in [0.2, 0.25) is 0 Å². The third-order valence-electron chi connectivity index (χ3n) is 1.45. The van der Waals surface area contributed by atoms with E-state index in [1.54, 1.807) is 13.8 Å². The van der Waals surface area contributed by atoms with Crippen molar-refractivity contribution >= 4 is 5.97 Å². The van der Waals surface area contributed by atoms with E-state index in [9.17, 15) is 4.79 Å². The molecule has 0 saturated heterocycles. The van der Waals surface area contributed by atoms with Crippen LogP contribution in [0.3, 0.4) is 0 Å². The van der Waals surface area contributed by atoms with E-state index >= 15 is 0 Å². The molecule has 0 aromatic carbocycles. The Labute approximate surface area is 72.7 Å². The molecule has 12 heavy (non-hydrogen) atoms. The SMILES string of the molecule is CC(C)(CCO)OC(=O)CCN. The maximum absolute atomic E-state index is 10.9. The molecule has 0 radical (unpaired) electrons. The summed E-state index contributed by atoms with van der Waals surface area (Å²) in [5.74, 6) is -0.309. The molecule has 0 fully saturated rings. The van der Waals surface area contributed by atoms with Crippen molar-refractivity contribution in [3.63, 3.8) is 0 Å². The number of carbonyl (C=O) groups excluding carboxylic acids is 1. The van der Waals surface area contributed by atoms with Crippen LogP contribution in [0.4, 0.5) is 0 Å². The van der Waals surface area contributed by atoms with Gasteiger partial charge < -0.3 is 15.6 Å². The number of nitrogens with two attached hydrogens (primary N) is 1. The first-order valence-corrected chi connectivity index (χ1v) is 4.04. The molecule has 0 saturated carbocycles. The van der Waals surface area contributed by atoms with Crippen LogP contribution in [0.15, 0.2) is 0 Å². The number of aliphatic hydroxyl groups excluding tert-OH is 1. The van der Waals surface area contributed by atoms with Gasteiger partial charge in [0, 0.05) is 19.6 Å². The average molecular weight is 175 g/mol. The normalized spacial score (nSPS) is 11.3. The van der Waals surface area contributed by atoms with Gasteiger partial charge in [0.05, 0.1) is 6.42 Å². The quantitative estimate of drug-likeness (QED) is 0.579. The first-order valence-electron chi connectivity index (χ1n) is 4.04. The molecule has 0 aromatic heterocycles. The Balaban J connectivity index is 3.79. The van der Waals surface area contributed by atoms with Gasteiger partial charge in [0.1, 0.15) is 5.60 Å². The first kappa shape index (κ1) is 11.4. The lowest BCUT2D eigenvalue weighted by molar-refractivity contribution is -0.157. The van der Waals surface area contributed by atoms with Crippen LogP contribution in [0.5, 0.6) is 0 Å². The summed E-state index contributed by atoms with van der Waals surface area (Å²) in [6.07, 6.45) is 0.679. The molecule has 0 atom stereocenters. The monoisotopic (exact) mass is 175 g/mol. The molecule has 0 amide bonds. The van der Waals surface area contributed by atoms with Crippen molar-refractivity contribution in [2.75, 3.05) is 13.2 Å². The van der Waals surface area contributed by atoms with E-state index in [1.165, 1.54) is 0 Å². The predicted molar refractivity (Wildman–Crippen MR) is 45.5 cm³/mol. The molecule has 72 valence electrons. The molecular formula is C8H17NO3. The number of hydrogen-bond donors (Lipinski definition) is 2. The Morgan fingerprint density at radius 3 is 2.58 bits per heavy atom. The number of aliphatic hydroxyl groups is 1. The van der Waals surface area contributed by atoms with Crippen molar-refractivity contribution in [3.8, 4) is 0 Å². The van der Waals surface area contributed by atoms with Crippen LogP contribution >= 0.6 is 0 Å². The number of rotatable bonds is 5. The van der Waals surface area contributed by atoms with Crippen LogP contribution in [-0.4, -0.2) is 29.8 Å². The van der Waals surface area contributed by atoms with E-state index in [-0.39, 0.29) is 19.0 Å². The molecule has 0 bridgehead atoms. The third-order valence-corrected chi connectivity index (χ3v) is 1.45. The van der Waals surface area contributed by atoms with Gasteiger partial charge in [-0.15, -0.1) is 0 Å². The first-order chi connectivity index (χ1) is 5.52. The molecule has 0 aliphatic rings. The fourth-order valence-corrected chi connectivity index (χ4v) is 0.797. The van der Waals surface area contributed by atoms with Crippen LogP contribution in [0.1, 0.15) is 26.7 Å². The number of ether oxygens (including phenoxy) is 1. The van der Waals surface area contributed by atoms with Crippen LogP contribution in [-0.2, 0) is 9.53 Å². The number of hydrogen-bond acceptors (Lipinski definition) is 4. The summed E-state index contributed by atoms with van der Waals surface area (Å²) in [7, 11) is 0. The van der Waals surface area contributed by atoms with E-state index in [0.717, 1.165) is 0 Å². The van der Waals surface area contributed by atoms with Gasteiger partial charge in [0.15, 0.2) is 0 Å². The van der Waals surface area contributed by atoms with Gasteiger partial charge in [-0.2, -0.15) is 0 Å². The average Bonchev–Trinajstić information content (AvgIpc) is 1.85. The number of esters is 1. The lowest BCUT2D eigenvalue weighted by atomic mass is 10.1. The number of carbonyl (C=O) groups is 1. The van der Waals surface area contributed by atoms with Crippen molar-refractivity contribution in [3.05, 3.63) is 0 Å². The van der Waals surface area contributed by atoms with Crippen molar-refractivity contribution in [2.45, 2.75) is 32.3 Å². The zero-order valence-electron chi connectivity index (χ0n) is 7.67. The molecule has 0 heterocycles. The highest BCUT2D eigenvalue weighted by atomic mass is 16.6. The third kappa shape index (κ3) is 5.09. The fourth-order valence-electron chi connectivity index (χ4n) is 0.797. The van der Waals surface area contributed by atoms with Gasteiger partial charge in [0.25, 0.3) is 0 Å². The summed E-state index contributed by atoms with van der Waals surface area (Å²) in [6, 6.07) is 0. The Morgan fingerprint density at radius 2 is 2.17 bits per heavy atom. The largest absolute Gasteiger partial charge is 0.460 e. The second-order valence-corrected chi connectivity index (χ2v) is 3.25. The van der Waals surface area contributed by atoms with E-state index in [4.69, 9.17) is 15.6 Å². The Morgan fingerprint density at radius 1 is 1.58 bits per heavy atom. The molecule has 0 aliphatic heterocycles. The molecule has 3 N–H and O–H groups in total. The van der Waals surface area contributed by atoms with Gasteiger partial charge >= 0.3 is 5.97 Å². The zero-order chi connectivity index (χ0) is 9.61. The van der Waals surface area contributed by atoms with E-state index in [1.807, 2.05) is 0 Å². The highest BCUT2D eigenvalue weighted by molar-refractivity contribution is 5.70. The molecular weight excluding hydrogens is 158 g/mol. The Kier molecular flexibility index (Phi) is 4.85. The molecule has 4 nitrogen and oxygen atoms in total. The molecule has 0 unspecified atom stereocenters.